The third-order valence-corrected chi connectivity index (χ3v) is 4.13. The van der Waals surface area contributed by atoms with Crippen molar-refractivity contribution in [1.82, 2.24) is 0 Å². The average molecular weight is 251 g/mol. The van der Waals surface area contributed by atoms with Gasteiger partial charge >= 0.3 is 0 Å². The van der Waals surface area contributed by atoms with Gasteiger partial charge in [-0.1, -0.05) is 12.8 Å². The summed E-state index contributed by atoms with van der Waals surface area (Å²) in [6.45, 7) is 0.385. The van der Waals surface area contributed by atoms with Crippen LogP contribution in [0.4, 0.5) is 8.78 Å². The van der Waals surface area contributed by atoms with Gasteiger partial charge in [0.2, 0.25) is 0 Å². The van der Waals surface area contributed by atoms with E-state index in [2.05, 4.69) is 0 Å². The third-order valence-electron chi connectivity index (χ3n) is 4.13. The minimum atomic E-state index is -0.651. The zero-order chi connectivity index (χ0) is 12.8. The van der Waals surface area contributed by atoms with E-state index in [1.807, 2.05) is 0 Å². The van der Waals surface area contributed by atoms with Crippen LogP contribution in [0.25, 0.3) is 11.0 Å². The minimum absolute atomic E-state index is 0.131. The van der Waals surface area contributed by atoms with Crippen LogP contribution in [0.3, 0.4) is 0 Å². The number of nitrogens with two attached hydrogens (primary N) is 1. The fourth-order valence-electron chi connectivity index (χ4n) is 3.22. The molecule has 1 saturated carbocycles. The smallest absolute Gasteiger partial charge is 0.169 e. The molecule has 2 N–H and O–H groups in total. The Hall–Kier alpha value is -1.42. The second-order valence-corrected chi connectivity index (χ2v) is 5.07. The summed E-state index contributed by atoms with van der Waals surface area (Å²) in [5.41, 5.74) is 6.18. The molecule has 3 rings (SSSR count). The molecule has 0 atom stereocenters. The summed E-state index contributed by atoms with van der Waals surface area (Å²) in [6, 6.07) is 2.55. The lowest BCUT2D eigenvalue weighted by molar-refractivity contribution is 0.428. The Labute approximate surface area is 104 Å². The predicted molar refractivity (Wildman–Crippen MR) is 65.3 cm³/mol. The molecule has 0 bridgehead atoms. The lowest BCUT2D eigenvalue weighted by atomic mass is 9.77. The van der Waals surface area contributed by atoms with Gasteiger partial charge in [0.25, 0.3) is 0 Å². The van der Waals surface area contributed by atoms with E-state index in [4.69, 9.17) is 10.2 Å². The van der Waals surface area contributed by atoms with E-state index in [0.29, 0.717) is 17.5 Å². The van der Waals surface area contributed by atoms with E-state index >= 15 is 0 Å². The molecule has 96 valence electrons. The average Bonchev–Trinajstić information content (AvgIpc) is 2.98. The molecule has 0 radical (unpaired) electrons. The fraction of sp³-hybridized carbons (Fsp3) is 0.429. The first kappa shape index (κ1) is 11.7. The lowest BCUT2D eigenvalue weighted by Gasteiger charge is -2.28. The molecule has 1 aliphatic carbocycles. The molecule has 0 saturated heterocycles. The number of rotatable bonds is 2. The topological polar surface area (TPSA) is 39.2 Å². The number of hydrogen-bond donors (Lipinski definition) is 1. The molecular formula is C14H15F2NO. The summed E-state index contributed by atoms with van der Waals surface area (Å²) in [5.74, 6) is -1.16. The van der Waals surface area contributed by atoms with Crippen molar-refractivity contribution in [3.8, 4) is 0 Å². The van der Waals surface area contributed by atoms with E-state index in [-0.39, 0.29) is 11.0 Å². The molecule has 1 aromatic heterocycles. The van der Waals surface area contributed by atoms with E-state index in [0.717, 1.165) is 31.7 Å². The van der Waals surface area contributed by atoms with Gasteiger partial charge in [0.05, 0.1) is 6.26 Å². The highest BCUT2D eigenvalue weighted by Gasteiger charge is 2.38. The number of benzene rings is 1. The maximum atomic E-state index is 14.2. The molecule has 0 spiro atoms. The Morgan fingerprint density at radius 3 is 2.61 bits per heavy atom. The minimum Gasteiger partial charge on any atom is -0.461 e. The quantitative estimate of drug-likeness (QED) is 0.887. The molecule has 1 aromatic carbocycles. The van der Waals surface area contributed by atoms with Crippen molar-refractivity contribution in [3.63, 3.8) is 0 Å². The van der Waals surface area contributed by atoms with Crippen LogP contribution in [-0.2, 0) is 5.41 Å². The standard InChI is InChI=1S/C14H15F2NO/c15-10-7-11(16)13-9(3-6-18-13)12(10)14(8-17)4-1-2-5-14/h3,6-7H,1-2,4-5,8,17H2. The van der Waals surface area contributed by atoms with Crippen molar-refractivity contribution < 1.29 is 13.2 Å². The van der Waals surface area contributed by atoms with Crippen LogP contribution >= 0.6 is 0 Å². The number of halogens is 2. The van der Waals surface area contributed by atoms with Gasteiger partial charge in [0.1, 0.15) is 5.82 Å². The summed E-state index contributed by atoms with van der Waals surface area (Å²) in [4.78, 5) is 0. The van der Waals surface area contributed by atoms with Crippen molar-refractivity contribution in [2.45, 2.75) is 31.1 Å². The highest BCUT2D eigenvalue weighted by atomic mass is 19.1. The normalized spacial score (nSPS) is 18.6. The Morgan fingerprint density at radius 1 is 1.22 bits per heavy atom. The maximum Gasteiger partial charge on any atom is 0.169 e. The molecule has 1 heterocycles. The summed E-state index contributed by atoms with van der Waals surface area (Å²) < 4.78 is 32.9. The van der Waals surface area contributed by atoms with Crippen LogP contribution in [0.2, 0.25) is 0 Å². The van der Waals surface area contributed by atoms with Gasteiger partial charge in [-0.15, -0.1) is 0 Å². The van der Waals surface area contributed by atoms with Crippen molar-refractivity contribution in [3.05, 3.63) is 35.6 Å². The Balaban J connectivity index is 2.31. The van der Waals surface area contributed by atoms with Crippen LogP contribution in [0.15, 0.2) is 22.8 Å². The van der Waals surface area contributed by atoms with Crippen LogP contribution in [0.5, 0.6) is 0 Å². The SMILES string of the molecule is NCC1(c2c(F)cc(F)c3occc23)CCCC1. The van der Waals surface area contributed by atoms with E-state index < -0.39 is 11.6 Å². The van der Waals surface area contributed by atoms with Crippen LogP contribution in [-0.4, -0.2) is 6.54 Å². The molecule has 18 heavy (non-hydrogen) atoms. The summed E-state index contributed by atoms with van der Waals surface area (Å²) in [7, 11) is 0. The van der Waals surface area contributed by atoms with Crippen molar-refractivity contribution in [2.24, 2.45) is 5.73 Å². The van der Waals surface area contributed by atoms with Crippen molar-refractivity contribution >= 4 is 11.0 Å². The molecule has 1 aliphatic rings. The van der Waals surface area contributed by atoms with Crippen LogP contribution < -0.4 is 5.73 Å². The first-order valence-electron chi connectivity index (χ1n) is 6.24. The second-order valence-electron chi connectivity index (χ2n) is 5.07. The highest BCUT2D eigenvalue weighted by molar-refractivity contribution is 5.83. The van der Waals surface area contributed by atoms with Crippen LogP contribution in [0.1, 0.15) is 31.2 Å². The van der Waals surface area contributed by atoms with Gasteiger partial charge in [-0.3, -0.25) is 0 Å². The predicted octanol–water partition coefficient (Wildman–Crippen LogP) is 3.48. The third kappa shape index (κ3) is 1.48. The van der Waals surface area contributed by atoms with E-state index in [1.54, 1.807) is 6.07 Å². The molecule has 0 amide bonds. The number of hydrogen-bond acceptors (Lipinski definition) is 2. The monoisotopic (exact) mass is 251 g/mol. The zero-order valence-electron chi connectivity index (χ0n) is 10.0. The largest absolute Gasteiger partial charge is 0.461 e. The van der Waals surface area contributed by atoms with E-state index in [9.17, 15) is 8.78 Å². The van der Waals surface area contributed by atoms with Gasteiger partial charge in [-0.2, -0.15) is 0 Å². The molecule has 2 nitrogen and oxygen atoms in total. The van der Waals surface area contributed by atoms with Crippen LogP contribution in [0, 0.1) is 11.6 Å². The summed E-state index contributed by atoms with van der Waals surface area (Å²) in [6.07, 6.45) is 5.18. The first-order chi connectivity index (χ1) is 8.68. The van der Waals surface area contributed by atoms with Crippen molar-refractivity contribution in [1.29, 1.82) is 0 Å². The number of furan rings is 1. The molecule has 1 fully saturated rings. The van der Waals surface area contributed by atoms with Gasteiger partial charge < -0.3 is 10.2 Å². The van der Waals surface area contributed by atoms with E-state index in [1.165, 1.54) is 6.26 Å². The molecular weight excluding hydrogens is 236 g/mol. The van der Waals surface area contributed by atoms with Gasteiger partial charge in [-0.25, -0.2) is 8.78 Å². The highest BCUT2D eigenvalue weighted by Crippen LogP contribution is 2.44. The fourth-order valence-corrected chi connectivity index (χ4v) is 3.22. The van der Waals surface area contributed by atoms with Gasteiger partial charge in [0, 0.05) is 29.0 Å². The Bertz CT molecular complexity index is 585. The number of fused-ring (bicyclic) bond motifs is 1. The second kappa shape index (κ2) is 4.05. The zero-order valence-corrected chi connectivity index (χ0v) is 10.0. The van der Waals surface area contributed by atoms with Gasteiger partial charge in [-0.05, 0) is 18.9 Å². The lowest BCUT2D eigenvalue weighted by Crippen LogP contribution is -2.33. The molecule has 0 unspecified atom stereocenters. The Kier molecular flexibility index (Phi) is 2.63. The maximum absolute atomic E-state index is 14.2. The Morgan fingerprint density at radius 2 is 1.94 bits per heavy atom. The molecule has 2 aromatic rings. The van der Waals surface area contributed by atoms with Crippen molar-refractivity contribution in [2.75, 3.05) is 6.54 Å². The summed E-state index contributed by atoms with van der Waals surface area (Å²) >= 11 is 0. The van der Waals surface area contributed by atoms with Gasteiger partial charge in [0.15, 0.2) is 11.4 Å². The first-order valence-corrected chi connectivity index (χ1v) is 6.24. The summed E-state index contributed by atoms with van der Waals surface area (Å²) in [5, 5.41) is 0.528. The molecule has 0 aliphatic heterocycles. The molecule has 4 heteroatoms.